The second kappa shape index (κ2) is 9.14. The number of thioether (sulfide) groups is 1. The first-order valence-corrected chi connectivity index (χ1v) is 10.5. The third-order valence-electron chi connectivity index (χ3n) is 5.40. The van der Waals surface area contributed by atoms with Gasteiger partial charge in [0.15, 0.2) is 5.96 Å². The minimum Gasteiger partial charge on any atom is -0.355 e. The molecule has 0 aromatic rings. The van der Waals surface area contributed by atoms with E-state index in [1.165, 1.54) is 63.4 Å². The highest BCUT2D eigenvalue weighted by Crippen LogP contribution is 2.20. The van der Waals surface area contributed by atoms with Crippen molar-refractivity contribution in [3.63, 3.8) is 0 Å². The van der Waals surface area contributed by atoms with Gasteiger partial charge in [-0.05, 0) is 32.4 Å². The van der Waals surface area contributed by atoms with Crippen molar-refractivity contribution < 1.29 is 0 Å². The van der Waals surface area contributed by atoms with Crippen molar-refractivity contribution in [1.82, 2.24) is 20.0 Å². The zero-order valence-electron chi connectivity index (χ0n) is 14.7. The van der Waals surface area contributed by atoms with Gasteiger partial charge in [-0.15, -0.1) is 0 Å². The van der Waals surface area contributed by atoms with E-state index < -0.39 is 0 Å². The van der Waals surface area contributed by atoms with Gasteiger partial charge in [0.2, 0.25) is 0 Å². The molecule has 0 radical (unpaired) electrons. The molecule has 0 aromatic carbocycles. The molecular weight excluding hydrogens is 306 g/mol. The Morgan fingerprint density at radius 2 is 1.87 bits per heavy atom. The van der Waals surface area contributed by atoms with Gasteiger partial charge in [-0.2, -0.15) is 11.8 Å². The highest BCUT2D eigenvalue weighted by molar-refractivity contribution is 7.99. The van der Waals surface area contributed by atoms with Gasteiger partial charge in [0.1, 0.15) is 0 Å². The normalized spacial score (nSPS) is 28.3. The number of nitrogens with zero attached hydrogens (tertiary/aromatic N) is 4. The zero-order chi connectivity index (χ0) is 15.9. The lowest BCUT2D eigenvalue weighted by Crippen LogP contribution is -2.46. The predicted octanol–water partition coefficient (Wildman–Crippen LogP) is 1.17. The molecule has 3 saturated heterocycles. The quantitative estimate of drug-likeness (QED) is 0.614. The van der Waals surface area contributed by atoms with Crippen molar-refractivity contribution in [2.45, 2.75) is 31.7 Å². The maximum atomic E-state index is 4.52. The lowest BCUT2D eigenvalue weighted by atomic mass is 10.1. The van der Waals surface area contributed by atoms with Gasteiger partial charge in [0.05, 0.1) is 0 Å². The van der Waals surface area contributed by atoms with Crippen molar-refractivity contribution in [3.05, 3.63) is 0 Å². The Hall–Kier alpha value is -0.460. The molecule has 0 saturated carbocycles. The molecule has 0 spiro atoms. The smallest absolute Gasteiger partial charge is 0.193 e. The molecule has 1 unspecified atom stereocenters. The second-order valence-electron chi connectivity index (χ2n) is 6.91. The van der Waals surface area contributed by atoms with Crippen LogP contribution in [0.2, 0.25) is 0 Å². The van der Waals surface area contributed by atoms with Crippen LogP contribution in [0.4, 0.5) is 0 Å². The topological polar surface area (TPSA) is 34.1 Å². The average molecular weight is 340 g/mol. The molecule has 1 N–H and O–H groups in total. The maximum absolute atomic E-state index is 4.52. The summed E-state index contributed by atoms with van der Waals surface area (Å²) >= 11 is 2.08. The Morgan fingerprint density at radius 1 is 1.09 bits per heavy atom. The van der Waals surface area contributed by atoms with Gasteiger partial charge < -0.3 is 10.2 Å². The van der Waals surface area contributed by atoms with Crippen LogP contribution in [0, 0.1) is 0 Å². The number of hydrogen-bond acceptors (Lipinski definition) is 4. The molecule has 3 aliphatic rings. The van der Waals surface area contributed by atoms with Crippen molar-refractivity contribution in [2.24, 2.45) is 4.99 Å². The molecular formula is C17H33N5S. The first-order chi connectivity index (χ1) is 11.4. The summed E-state index contributed by atoms with van der Waals surface area (Å²) in [6.07, 6.45) is 5.49. The molecule has 3 aliphatic heterocycles. The molecule has 0 bridgehead atoms. The zero-order valence-corrected chi connectivity index (χ0v) is 15.5. The summed E-state index contributed by atoms with van der Waals surface area (Å²) in [4.78, 5) is 12.3. The van der Waals surface area contributed by atoms with Crippen LogP contribution in [0.1, 0.15) is 25.7 Å². The van der Waals surface area contributed by atoms with Crippen LogP contribution in [-0.4, -0.2) is 97.6 Å². The molecule has 23 heavy (non-hydrogen) atoms. The molecule has 5 nitrogen and oxygen atoms in total. The molecule has 3 rings (SSSR count). The largest absolute Gasteiger partial charge is 0.355 e. The lowest BCUT2D eigenvalue weighted by molar-refractivity contribution is 0.168. The molecule has 0 aromatic heterocycles. The maximum Gasteiger partial charge on any atom is 0.193 e. The van der Waals surface area contributed by atoms with Crippen LogP contribution in [0.3, 0.4) is 0 Å². The Labute approximate surface area is 145 Å². The van der Waals surface area contributed by atoms with Gasteiger partial charge >= 0.3 is 0 Å². The molecule has 6 heteroatoms. The standard InChI is InChI=1S/C17H33N5S/c1-18-17(19-6-10-20-11-13-23-14-12-20)22-9-5-16(15-22)21-7-3-2-4-8-21/h16H,2-15H2,1H3,(H,18,19). The molecule has 132 valence electrons. The number of rotatable bonds is 4. The monoisotopic (exact) mass is 339 g/mol. The molecule has 1 atom stereocenters. The summed E-state index contributed by atoms with van der Waals surface area (Å²) in [5, 5.41) is 3.59. The average Bonchev–Trinajstić information content (AvgIpc) is 3.10. The highest BCUT2D eigenvalue weighted by atomic mass is 32.2. The third-order valence-corrected chi connectivity index (χ3v) is 6.34. The van der Waals surface area contributed by atoms with E-state index in [0.29, 0.717) is 0 Å². The summed E-state index contributed by atoms with van der Waals surface area (Å²) in [6, 6.07) is 0.743. The van der Waals surface area contributed by atoms with E-state index in [0.717, 1.165) is 38.2 Å². The number of hydrogen-bond donors (Lipinski definition) is 1. The van der Waals surface area contributed by atoms with Crippen LogP contribution in [0.15, 0.2) is 4.99 Å². The Balaban J connectivity index is 1.40. The van der Waals surface area contributed by atoms with Crippen LogP contribution >= 0.6 is 11.8 Å². The minimum atomic E-state index is 0.743. The van der Waals surface area contributed by atoms with Crippen LogP contribution in [-0.2, 0) is 0 Å². The fourth-order valence-electron chi connectivity index (χ4n) is 4.00. The van der Waals surface area contributed by atoms with E-state index in [1.54, 1.807) is 0 Å². The van der Waals surface area contributed by atoms with Crippen LogP contribution < -0.4 is 5.32 Å². The Bertz CT molecular complexity index is 377. The molecule has 3 heterocycles. The van der Waals surface area contributed by atoms with E-state index in [2.05, 4.69) is 36.8 Å². The summed E-state index contributed by atoms with van der Waals surface area (Å²) in [7, 11) is 1.92. The predicted molar refractivity (Wildman–Crippen MR) is 101 cm³/mol. The summed E-state index contributed by atoms with van der Waals surface area (Å²) < 4.78 is 0. The summed E-state index contributed by atoms with van der Waals surface area (Å²) in [6.45, 7) is 9.55. The van der Waals surface area contributed by atoms with Crippen molar-refractivity contribution >= 4 is 17.7 Å². The van der Waals surface area contributed by atoms with Gasteiger partial charge in [0, 0.05) is 63.9 Å². The van der Waals surface area contributed by atoms with Gasteiger partial charge in [-0.1, -0.05) is 6.42 Å². The number of guanidine groups is 1. The van der Waals surface area contributed by atoms with Crippen molar-refractivity contribution in [2.75, 3.05) is 70.9 Å². The highest BCUT2D eigenvalue weighted by Gasteiger charge is 2.29. The number of aliphatic imine (C=N–C) groups is 1. The first-order valence-electron chi connectivity index (χ1n) is 9.36. The fraction of sp³-hybridized carbons (Fsp3) is 0.941. The van der Waals surface area contributed by atoms with Crippen LogP contribution in [0.5, 0.6) is 0 Å². The SMILES string of the molecule is CN=C(NCCN1CCSCC1)N1CCC(N2CCCCC2)C1. The number of piperidine rings is 1. The van der Waals surface area contributed by atoms with Gasteiger partial charge in [-0.3, -0.25) is 14.8 Å². The second-order valence-corrected chi connectivity index (χ2v) is 8.14. The van der Waals surface area contributed by atoms with Gasteiger partial charge in [0.25, 0.3) is 0 Å². The Kier molecular flexibility index (Phi) is 6.90. The van der Waals surface area contributed by atoms with E-state index >= 15 is 0 Å². The summed E-state index contributed by atoms with van der Waals surface area (Å²) in [5.74, 6) is 3.69. The van der Waals surface area contributed by atoms with E-state index in [4.69, 9.17) is 0 Å². The molecule has 3 fully saturated rings. The fourth-order valence-corrected chi connectivity index (χ4v) is 4.98. The van der Waals surface area contributed by atoms with E-state index in [1.807, 2.05) is 7.05 Å². The minimum absolute atomic E-state index is 0.743. The van der Waals surface area contributed by atoms with Crippen molar-refractivity contribution in [1.29, 1.82) is 0 Å². The summed E-state index contributed by atoms with van der Waals surface area (Å²) in [5.41, 5.74) is 0. The lowest BCUT2D eigenvalue weighted by Gasteiger charge is -2.32. The van der Waals surface area contributed by atoms with Crippen molar-refractivity contribution in [3.8, 4) is 0 Å². The first kappa shape index (κ1) is 17.4. The Morgan fingerprint density at radius 3 is 2.61 bits per heavy atom. The third kappa shape index (κ3) is 5.00. The van der Waals surface area contributed by atoms with Gasteiger partial charge in [-0.25, -0.2) is 0 Å². The number of likely N-dealkylation sites (tertiary alicyclic amines) is 2. The van der Waals surface area contributed by atoms with E-state index in [-0.39, 0.29) is 0 Å². The molecule has 0 aliphatic carbocycles. The van der Waals surface area contributed by atoms with E-state index in [9.17, 15) is 0 Å². The molecule has 0 amide bonds. The number of nitrogens with one attached hydrogen (secondary N) is 1. The van der Waals surface area contributed by atoms with Crippen LogP contribution in [0.25, 0.3) is 0 Å².